The highest BCUT2D eigenvalue weighted by molar-refractivity contribution is 7.88. The molecule has 0 N–H and O–H groups in total. The summed E-state index contributed by atoms with van der Waals surface area (Å²) in [6, 6.07) is 5.11. The molecule has 0 spiro atoms. The van der Waals surface area contributed by atoms with E-state index in [2.05, 4.69) is 19.0 Å². The Labute approximate surface area is 154 Å². The van der Waals surface area contributed by atoms with Gasteiger partial charge in [0.2, 0.25) is 0 Å². The molecule has 0 fully saturated rings. The van der Waals surface area contributed by atoms with Crippen LogP contribution in [0.4, 0.5) is 13.2 Å². The van der Waals surface area contributed by atoms with Crippen molar-refractivity contribution in [3.63, 3.8) is 0 Å². The topological polar surface area (TPSA) is 99.9 Å². The molecule has 0 aromatic carbocycles. The Morgan fingerprint density at radius 2 is 2.00 bits per heavy atom. The summed E-state index contributed by atoms with van der Waals surface area (Å²) in [7, 11) is -5.02. The Hall–Kier alpha value is -2.67. The fraction of sp³-hybridized carbons (Fsp3) is 0.214. The van der Waals surface area contributed by atoms with E-state index in [4.69, 9.17) is 0 Å². The van der Waals surface area contributed by atoms with Crippen molar-refractivity contribution in [3.05, 3.63) is 35.0 Å². The molecule has 144 valence electrons. The quantitative estimate of drug-likeness (QED) is 0.363. The maximum Gasteiger partial charge on any atom is 0.534 e. The summed E-state index contributed by atoms with van der Waals surface area (Å²) in [6.45, 7) is 1.63. The van der Waals surface area contributed by atoms with Gasteiger partial charge in [-0.2, -0.15) is 31.7 Å². The van der Waals surface area contributed by atoms with Gasteiger partial charge in [0.05, 0.1) is 23.9 Å². The normalized spacial score (nSPS) is 12.3. The van der Waals surface area contributed by atoms with Gasteiger partial charge >= 0.3 is 21.6 Å². The van der Waals surface area contributed by atoms with Crippen molar-refractivity contribution in [2.45, 2.75) is 12.4 Å². The highest BCUT2D eigenvalue weighted by Crippen LogP contribution is 2.38. The van der Waals surface area contributed by atoms with Gasteiger partial charge in [-0.25, -0.2) is 9.31 Å². The lowest BCUT2D eigenvalue weighted by Crippen LogP contribution is -2.28. The minimum Gasteiger partial charge on any atom is -0.465 e. The number of alkyl halides is 3. The van der Waals surface area contributed by atoms with E-state index in [0.717, 1.165) is 7.11 Å². The molecule has 0 unspecified atom stereocenters. The Bertz CT molecular complexity index is 1130. The van der Waals surface area contributed by atoms with E-state index in [-0.39, 0.29) is 5.01 Å². The fourth-order valence-electron chi connectivity index (χ4n) is 2.22. The molecule has 0 bridgehead atoms. The molecule has 0 amide bonds. The number of aryl methyl sites for hydroxylation is 1. The molecule has 0 atom stereocenters. The lowest BCUT2D eigenvalue weighted by Gasteiger charge is -2.07. The Morgan fingerprint density at radius 3 is 2.63 bits per heavy atom. The van der Waals surface area contributed by atoms with E-state index in [0.29, 0.717) is 28.1 Å². The lowest BCUT2D eigenvalue weighted by atomic mass is 10.2. The van der Waals surface area contributed by atoms with Gasteiger partial charge in [-0.15, -0.1) is 11.3 Å². The van der Waals surface area contributed by atoms with Crippen molar-refractivity contribution in [2.75, 3.05) is 7.11 Å². The van der Waals surface area contributed by atoms with E-state index in [1.165, 1.54) is 4.52 Å². The SMILES string of the molecule is COC(=O)c1sc(-c2c(C)nn3ccccc23)nc1OS(=O)(=O)C(F)(F)F. The predicted molar refractivity (Wildman–Crippen MR) is 88.0 cm³/mol. The molecule has 0 aliphatic heterocycles. The number of methoxy groups -OCH3 is 1. The first-order chi connectivity index (χ1) is 12.5. The first-order valence-corrected chi connectivity index (χ1v) is 9.32. The molecule has 27 heavy (non-hydrogen) atoms. The highest BCUT2D eigenvalue weighted by atomic mass is 32.2. The predicted octanol–water partition coefficient (Wildman–Crippen LogP) is 2.78. The Kier molecular flexibility index (Phi) is 4.59. The number of hydrogen-bond acceptors (Lipinski definition) is 8. The highest BCUT2D eigenvalue weighted by Gasteiger charge is 2.49. The third kappa shape index (κ3) is 3.35. The number of thiazole rings is 1. The van der Waals surface area contributed by atoms with Crippen LogP contribution in [-0.4, -0.2) is 41.6 Å². The summed E-state index contributed by atoms with van der Waals surface area (Å²) in [5.74, 6) is -2.09. The molecule has 13 heteroatoms. The van der Waals surface area contributed by atoms with Crippen LogP contribution in [-0.2, 0) is 14.9 Å². The van der Waals surface area contributed by atoms with Crippen LogP contribution >= 0.6 is 11.3 Å². The summed E-state index contributed by atoms with van der Waals surface area (Å²) >= 11 is 0.634. The lowest BCUT2D eigenvalue weighted by molar-refractivity contribution is -0.0501. The van der Waals surface area contributed by atoms with Crippen molar-refractivity contribution >= 4 is 32.9 Å². The van der Waals surface area contributed by atoms with E-state index >= 15 is 0 Å². The first-order valence-electron chi connectivity index (χ1n) is 7.09. The standard InChI is InChI=1S/C14H10F3N3O5S2/c1-7-9(8-5-3-4-6-20(8)19-7)12-18-11(10(26-12)13(21)24-2)25-27(22,23)14(15,16)17/h3-6H,1-2H3. The Balaban J connectivity index is 2.18. The average Bonchev–Trinajstić information content (AvgIpc) is 3.12. The van der Waals surface area contributed by atoms with Crippen LogP contribution in [0, 0.1) is 6.92 Å². The van der Waals surface area contributed by atoms with Crippen LogP contribution in [0.2, 0.25) is 0 Å². The largest absolute Gasteiger partial charge is 0.534 e. The summed E-state index contributed by atoms with van der Waals surface area (Å²) in [6.07, 6.45) is 1.65. The smallest absolute Gasteiger partial charge is 0.465 e. The number of hydrogen-bond donors (Lipinski definition) is 0. The molecule has 0 aliphatic carbocycles. The molecule has 0 saturated carbocycles. The molecule has 3 aromatic heterocycles. The third-order valence-electron chi connectivity index (χ3n) is 3.37. The first kappa shape index (κ1) is 19.1. The number of nitrogens with zero attached hydrogens (tertiary/aromatic N) is 3. The maximum atomic E-state index is 12.6. The zero-order valence-corrected chi connectivity index (χ0v) is 15.3. The van der Waals surface area contributed by atoms with E-state index in [1.807, 2.05) is 0 Å². The van der Waals surface area contributed by atoms with Gasteiger partial charge in [0, 0.05) is 6.20 Å². The van der Waals surface area contributed by atoms with Crippen molar-refractivity contribution in [1.29, 1.82) is 0 Å². The second-order valence-corrected chi connectivity index (χ2v) is 7.66. The van der Waals surface area contributed by atoms with Crippen LogP contribution in [0.5, 0.6) is 5.88 Å². The zero-order chi connectivity index (χ0) is 20.0. The number of pyridine rings is 1. The van der Waals surface area contributed by atoms with Gasteiger partial charge in [0.15, 0.2) is 4.88 Å². The van der Waals surface area contributed by atoms with Gasteiger partial charge in [-0.3, -0.25) is 0 Å². The van der Waals surface area contributed by atoms with Crippen LogP contribution in [0.15, 0.2) is 24.4 Å². The van der Waals surface area contributed by atoms with Crippen LogP contribution < -0.4 is 4.18 Å². The molecule has 3 rings (SSSR count). The second-order valence-electron chi connectivity index (χ2n) is 5.12. The number of fused-ring (bicyclic) bond motifs is 1. The number of carbonyl (C=O) groups is 1. The van der Waals surface area contributed by atoms with Crippen LogP contribution in [0.1, 0.15) is 15.4 Å². The number of aromatic nitrogens is 3. The minimum atomic E-state index is -6.01. The Morgan fingerprint density at radius 1 is 1.30 bits per heavy atom. The number of esters is 1. The summed E-state index contributed by atoms with van der Waals surface area (Å²) in [5, 5.41) is 4.29. The second kappa shape index (κ2) is 6.49. The van der Waals surface area contributed by atoms with E-state index in [9.17, 15) is 26.4 Å². The minimum absolute atomic E-state index is 0.0569. The third-order valence-corrected chi connectivity index (χ3v) is 5.35. The van der Waals surface area contributed by atoms with Crippen molar-refractivity contribution in [2.24, 2.45) is 0 Å². The fourth-order valence-corrected chi connectivity index (χ4v) is 3.72. The number of halogens is 3. The molecule has 0 aliphatic rings. The summed E-state index contributed by atoms with van der Waals surface area (Å²) in [4.78, 5) is 15.1. The molecule has 3 heterocycles. The summed E-state index contributed by atoms with van der Waals surface area (Å²) in [5.41, 5.74) is -4.23. The van der Waals surface area contributed by atoms with Gasteiger partial charge in [-0.05, 0) is 19.1 Å². The van der Waals surface area contributed by atoms with Gasteiger partial charge in [0.1, 0.15) is 5.01 Å². The van der Waals surface area contributed by atoms with E-state index in [1.54, 1.807) is 31.3 Å². The number of carbonyl (C=O) groups excluding carboxylic acids is 1. The molecular weight excluding hydrogens is 411 g/mol. The van der Waals surface area contributed by atoms with Gasteiger partial charge in [-0.1, -0.05) is 6.07 Å². The average molecular weight is 421 g/mol. The molecule has 8 nitrogen and oxygen atoms in total. The zero-order valence-electron chi connectivity index (χ0n) is 13.6. The molecule has 0 saturated heterocycles. The van der Waals surface area contributed by atoms with Crippen molar-refractivity contribution < 1.29 is 35.3 Å². The molecular formula is C14H10F3N3O5S2. The van der Waals surface area contributed by atoms with Gasteiger partial charge in [0.25, 0.3) is 5.88 Å². The van der Waals surface area contributed by atoms with Crippen LogP contribution in [0.3, 0.4) is 0 Å². The van der Waals surface area contributed by atoms with Gasteiger partial charge < -0.3 is 8.92 Å². The maximum absolute atomic E-state index is 12.6. The molecule has 0 radical (unpaired) electrons. The monoisotopic (exact) mass is 421 g/mol. The number of rotatable bonds is 4. The number of ether oxygens (including phenoxy) is 1. The van der Waals surface area contributed by atoms with Crippen molar-refractivity contribution in [1.82, 2.24) is 14.6 Å². The molecule has 3 aromatic rings. The van der Waals surface area contributed by atoms with Crippen molar-refractivity contribution in [3.8, 4) is 16.5 Å². The van der Waals surface area contributed by atoms with Crippen LogP contribution in [0.25, 0.3) is 16.1 Å². The van der Waals surface area contributed by atoms with E-state index < -0.39 is 32.4 Å². The summed E-state index contributed by atoms with van der Waals surface area (Å²) < 4.78 is 70.5.